The third kappa shape index (κ3) is 3.30. The van der Waals surface area contributed by atoms with Gasteiger partial charge in [-0.25, -0.2) is 9.78 Å². The van der Waals surface area contributed by atoms with E-state index in [0.717, 1.165) is 6.07 Å². The normalized spacial score (nSPS) is 11.0. The third-order valence-corrected chi connectivity index (χ3v) is 4.73. The molecule has 0 saturated heterocycles. The molecular weight excluding hydrogens is 398 g/mol. The molecule has 0 aliphatic carbocycles. The smallest absolute Gasteiger partial charge is 0.346 e. The first-order valence-electron chi connectivity index (χ1n) is 8.43. The van der Waals surface area contributed by atoms with E-state index in [2.05, 4.69) is 10.3 Å². The summed E-state index contributed by atoms with van der Waals surface area (Å²) in [6.07, 6.45) is 0. The number of benzene rings is 2. The van der Waals surface area contributed by atoms with E-state index in [-0.39, 0.29) is 22.1 Å². The minimum absolute atomic E-state index is 0.0538. The number of amides is 1. The van der Waals surface area contributed by atoms with Gasteiger partial charge in [-0.1, -0.05) is 23.7 Å². The fourth-order valence-corrected chi connectivity index (χ4v) is 3.26. The molecule has 0 atom stereocenters. The predicted octanol–water partition coefficient (Wildman–Crippen LogP) is 4.46. The van der Waals surface area contributed by atoms with Crippen molar-refractivity contribution < 1.29 is 14.1 Å². The summed E-state index contributed by atoms with van der Waals surface area (Å²) in [5, 5.41) is 14.5. The third-order valence-electron chi connectivity index (χ3n) is 4.41. The fourth-order valence-electron chi connectivity index (χ4n) is 3.07. The van der Waals surface area contributed by atoms with Crippen LogP contribution in [0.3, 0.4) is 0 Å². The van der Waals surface area contributed by atoms with Crippen LogP contribution in [-0.2, 0) is 0 Å². The molecule has 8 nitrogen and oxygen atoms in total. The van der Waals surface area contributed by atoms with Crippen molar-refractivity contribution >= 4 is 50.9 Å². The molecule has 9 heteroatoms. The van der Waals surface area contributed by atoms with Crippen molar-refractivity contribution in [1.82, 2.24) is 4.98 Å². The molecule has 4 rings (SSSR count). The molecule has 1 N–H and O–H groups in total. The number of hydrogen-bond acceptors (Lipinski definition) is 6. The quantitative estimate of drug-likeness (QED) is 0.231. The summed E-state index contributed by atoms with van der Waals surface area (Å²) >= 11 is 5.79. The summed E-state index contributed by atoms with van der Waals surface area (Å²) in [6.45, 7) is 1.71. The summed E-state index contributed by atoms with van der Waals surface area (Å²) < 4.78 is 5.33. The molecule has 0 unspecified atom stereocenters. The molecule has 4 aromatic rings. The van der Waals surface area contributed by atoms with E-state index in [1.165, 1.54) is 18.2 Å². The maximum Gasteiger partial charge on any atom is 0.346 e. The maximum atomic E-state index is 12.6. The maximum absolute atomic E-state index is 12.6. The van der Waals surface area contributed by atoms with Crippen LogP contribution in [0, 0.1) is 17.0 Å². The number of pyridine rings is 1. The van der Waals surface area contributed by atoms with Gasteiger partial charge in [-0.3, -0.25) is 14.9 Å². The predicted molar refractivity (Wildman–Crippen MR) is 109 cm³/mol. The van der Waals surface area contributed by atoms with Gasteiger partial charge in [0.05, 0.1) is 15.8 Å². The minimum atomic E-state index is -0.664. The number of nitro benzene ring substituents is 1. The second kappa shape index (κ2) is 6.99. The summed E-state index contributed by atoms with van der Waals surface area (Å²) in [4.78, 5) is 39.7. The molecule has 2 aromatic heterocycles. The van der Waals surface area contributed by atoms with Gasteiger partial charge < -0.3 is 9.73 Å². The zero-order valence-electron chi connectivity index (χ0n) is 14.9. The van der Waals surface area contributed by atoms with Crippen molar-refractivity contribution in [2.45, 2.75) is 6.92 Å². The monoisotopic (exact) mass is 409 g/mol. The van der Waals surface area contributed by atoms with Gasteiger partial charge in [0.25, 0.3) is 11.6 Å². The van der Waals surface area contributed by atoms with E-state index in [9.17, 15) is 19.7 Å². The van der Waals surface area contributed by atoms with Crippen molar-refractivity contribution in [3.63, 3.8) is 0 Å². The molecular formula is C20H12ClN3O5. The molecule has 144 valence electrons. The number of para-hydroxylation sites is 1. The van der Waals surface area contributed by atoms with E-state index in [4.69, 9.17) is 16.0 Å². The standard InChI is InChI=1S/C20H12ClN3O5/c1-10-8-16(23-19(25)11-6-7-13(21)14(9-11)24(27)28)22-18-12-4-2-3-5-15(12)29-20(26)17(10)18/h2-9H,1H3,(H,22,23,25). The number of rotatable bonds is 3. The Morgan fingerprint density at radius 1 is 1.21 bits per heavy atom. The number of carbonyl (C=O) groups is 1. The highest BCUT2D eigenvalue weighted by Gasteiger charge is 2.18. The van der Waals surface area contributed by atoms with Gasteiger partial charge >= 0.3 is 5.63 Å². The topological polar surface area (TPSA) is 115 Å². The Morgan fingerprint density at radius 3 is 2.72 bits per heavy atom. The van der Waals surface area contributed by atoms with Crippen molar-refractivity contribution in [3.05, 3.63) is 85.2 Å². The second-order valence-electron chi connectivity index (χ2n) is 6.31. The molecule has 0 fully saturated rings. The Balaban J connectivity index is 1.80. The van der Waals surface area contributed by atoms with Gasteiger partial charge in [0.15, 0.2) is 0 Å². The minimum Gasteiger partial charge on any atom is -0.422 e. The van der Waals surface area contributed by atoms with Crippen LogP contribution in [-0.4, -0.2) is 15.8 Å². The van der Waals surface area contributed by atoms with E-state index in [1.54, 1.807) is 31.2 Å². The number of nitro groups is 1. The lowest BCUT2D eigenvalue weighted by atomic mass is 10.1. The molecule has 0 aliphatic rings. The first-order valence-corrected chi connectivity index (χ1v) is 8.81. The molecule has 0 radical (unpaired) electrons. The number of anilines is 1. The van der Waals surface area contributed by atoms with Crippen molar-refractivity contribution in [2.24, 2.45) is 0 Å². The van der Waals surface area contributed by atoms with Gasteiger partial charge in [0, 0.05) is 17.0 Å². The van der Waals surface area contributed by atoms with Gasteiger partial charge in [-0.15, -0.1) is 0 Å². The Labute approximate surface area is 167 Å². The number of nitrogens with one attached hydrogen (secondary N) is 1. The van der Waals surface area contributed by atoms with E-state index >= 15 is 0 Å². The van der Waals surface area contributed by atoms with Crippen LogP contribution in [0.1, 0.15) is 15.9 Å². The van der Waals surface area contributed by atoms with E-state index < -0.39 is 16.5 Å². The number of fused-ring (bicyclic) bond motifs is 3. The molecule has 1 amide bonds. The lowest BCUT2D eigenvalue weighted by Gasteiger charge is -2.09. The Bertz CT molecular complexity index is 1380. The average molecular weight is 410 g/mol. The molecule has 2 aromatic carbocycles. The SMILES string of the molecule is Cc1cc(NC(=O)c2ccc(Cl)c([N+](=O)[O-])c2)nc2c1c(=O)oc1ccccc12. The highest BCUT2D eigenvalue weighted by atomic mass is 35.5. The fraction of sp³-hybridized carbons (Fsp3) is 0.0500. The largest absolute Gasteiger partial charge is 0.422 e. The van der Waals surface area contributed by atoms with Crippen LogP contribution in [0.15, 0.2) is 57.7 Å². The number of aromatic nitrogens is 1. The first kappa shape index (κ1) is 18.6. The van der Waals surface area contributed by atoms with Gasteiger partial charge in [0.1, 0.15) is 16.4 Å². The number of halogens is 1. The van der Waals surface area contributed by atoms with E-state index in [1.807, 2.05) is 0 Å². The molecule has 0 spiro atoms. The van der Waals surface area contributed by atoms with Crippen LogP contribution in [0.4, 0.5) is 11.5 Å². The summed E-state index contributed by atoms with van der Waals surface area (Å²) in [5.74, 6) is -0.392. The van der Waals surface area contributed by atoms with Gasteiger partial charge in [0.2, 0.25) is 0 Å². The van der Waals surface area contributed by atoms with Crippen molar-refractivity contribution in [3.8, 4) is 0 Å². The highest BCUT2D eigenvalue weighted by molar-refractivity contribution is 6.32. The van der Waals surface area contributed by atoms with Crippen LogP contribution < -0.4 is 10.9 Å². The average Bonchev–Trinajstić information content (AvgIpc) is 2.67. The second-order valence-corrected chi connectivity index (χ2v) is 6.72. The summed E-state index contributed by atoms with van der Waals surface area (Å²) in [6, 6.07) is 12.2. The first-order chi connectivity index (χ1) is 13.8. The summed E-state index contributed by atoms with van der Waals surface area (Å²) in [5.41, 5.74) is 0.522. The van der Waals surface area contributed by atoms with Gasteiger partial charge in [-0.05, 0) is 42.8 Å². The molecule has 0 saturated carbocycles. The number of carbonyl (C=O) groups excluding carboxylic acids is 1. The zero-order valence-corrected chi connectivity index (χ0v) is 15.7. The Kier molecular flexibility index (Phi) is 4.48. The zero-order chi connectivity index (χ0) is 20.7. The van der Waals surface area contributed by atoms with Crippen molar-refractivity contribution in [1.29, 1.82) is 0 Å². The van der Waals surface area contributed by atoms with Gasteiger partial charge in [-0.2, -0.15) is 0 Å². The van der Waals surface area contributed by atoms with Crippen molar-refractivity contribution in [2.75, 3.05) is 5.32 Å². The highest BCUT2D eigenvalue weighted by Crippen LogP contribution is 2.27. The summed E-state index contributed by atoms with van der Waals surface area (Å²) in [7, 11) is 0. The Morgan fingerprint density at radius 2 is 1.97 bits per heavy atom. The number of nitrogens with zero attached hydrogens (tertiary/aromatic N) is 2. The number of aryl methyl sites for hydroxylation is 1. The lowest BCUT2D eigenvalue weighted by molar-refractivity contribution is -0.384. The van der Waals surface area contributed by atoms with Crippen LogP contribution >= 0.6 is 11.6 Å². The molecule has 0 aliphatic heterocycles. The molecule has 0 bridgehead atoms. The number of hydrogen-bond donors (Lipinski definition) is 1. The lowest BCUT2D eigenvalue weighted by Crippen LogP contribution is -2.14. The van der Waals surface area contributed by atoms with Crippen LogP contribution in [0.25, 0.3) is 21.9 Å². The molecule has 2 heterocycles. The van der Waals surface area contributed by atoms with Crippen LogP contribution in [0.2, 0.25) is 5.02 Å². The molecule has 29 heavy (non-hydrogen) atoms. The van der Waals surface area contributed by atoms with Crippen LogP contribution in [0.5, 0.6) is 0 Å². The Hall–Kier alpha value is -3.78. The van der Waals surface area contributed by atoms with E-state index in [0.29, 0.717) is 27.4 Å².